The first-order valence-corrected chi connectivity index (χ1v) is 7.94. The van der Waals surface area contributed by atoms with Gasteiger partial charge in [-0.25, -0.2) is 0 Å². The number of hydrogen-bond donors (Lipinski definition) is 0. The van der Waals surface area contributed by atoms with Crippen LogP contribution < -0.4 is 4.90 Å². The maximum atomic E-state index is 12.3. The summed E-state index contributed by atoms with van der Waals surface area (Å²) in [7, 11) is 0. The van der Waals surface area contributed by atoms with Gasteiger partial charge < -0.3 is 14.2 Å². The molecule has 0 bridgehead atoms. The molecule has 0 spiro atoms. The molecule has 1 saturated heterocycles. The summed E-state index contributed by atoms with van der Waals surface area (Å²) in [5.41, 5.74) is 0. The number of carbonyl (C=O) groups excluding carboxylic acids is 1. The van der Waals surface area contributed by atoms with Crippen molar-refractivity contribution in [2.24, 2.45) is 0 Å². The van der Waals surface area contributed by atoms with Crippen LogP contribution in [0, 0.1) is 0 Å². The highest BCUT2D eigenvalue weighted by molar-refractivity contribution is 7.12. The zero-order valence-corrected chi connectivity index (χ0v) is 13.0. The lowest BCUT2D eigenvalue weighted by atomic mass is 10.2. The second kappa shape index (κ2) is 5.85. The third-order valence-corrected chi connectivity index (χ3v) is 4.35. The lowest BCUT2D eigenvalue weighted by Gasteiger charge is -2.33. The summed E-state index contributed by atoms with van der Waals surface area (Å²) >= 11 is 1.48. The van der Waals surface area contributed by atoms with E-state index in [1.807, 2.05) is 41.2 Å². The fourth-order valence-electron chi connectivity index (χ4n) is 2.24. The number of rotatable bonds is 3. The number of carbonyl (C=O) groups is 1. The molecule has 0 aliphatic carbocycles. The molecular formula is C14H18N4O2S. The molecule has 7 heteroatoms. The lowest BCUT2D eigenvalue weighted by molar-refractivity contribution is 0.0750. The van der Waals surface area contributed by atoms with Crippen LogP contribution in [0.1, 0.15) is 35.3 Å². The normalized spacial score (nSPS) is 15.8. The summed E-state index contributed by atoms with van der Waals surface area (Å²) in [5, 5.41) is 10.1. The predicted octanol–water partition coefficient (Wildman–Crippen LogP) is 2.22. The molecule has 0 aromatic carbocycles. The van der Waals surface area contributed by atoms with E-state index in [2.05, 4.69) is 10.2 Å². The van der Waals surface area contributed by atoms with Gasteiger partial charge in [0.05, 0.1) is 4.88 Å². The average molecular weight is 306 g/mol. The zero-order chi connectivity index (χ0) is 14.8. The van der Waals surface area contributed by atoms with Crippen LogP contribution in [0.3, 0.4) is 0 Å². The molecule has 112 valence electrons. The Morgan fingerprint density at radius 2 is 2.05 bits per heavy atom. The van der Waals surface area contributed by atoms with E-state index < -0.39 is 0 Å². The van der Waals surface area contributed by atoms with Gasteiger partial charge in [-0.1, -0.05) is 25.0 Å². The Hall–Kier alpha value is -1.89. The lowest BCUT2D eigenvalue weighted by Crippen LogP contribution is -2.48. The highest BCUT2D eigenvalue weighted by atomic mass is 32.1. The van der Waals surface area contributed by atoms with Gasteiger partial charge in [-0.3, -0.25) is 4.79 Å². The second-order valence-corrected chi connectivity index (χ2v) is 6.28. The monoisotopic (exact) mass is 306 g/mol. The van der Waals surface area contributed by atoms with Gasteiger partial charge in [-0.05, 0) is 11.4 Å². The number of piperazine rings is 1. The van der Waals surface area contributed by atoms with Crippen molar-refractivity contribution in [1.29, 1.82) is 0 Å². The van der Waals surface area contributed by atoms with Gasteiger partial charge in [0.1, 0.15) is 0 Å². The van der Waals surface area contributed by atoms with E-state index in [9.17, 15) is 4.79 Å². The Bertz CT molecular complexity index is 600. The van der Waals surface area contributed by atoms with Crippen LogP contribution in [-0.2, 0) is 0 Å². The predicted molar refractivity (Wildman–Crippen MR) is 80.8 cm³/mol. The van der Waals surface area contributed by atoms with Crippen LogP contribution in [-0.4, -0.2) is 47.2 Å². The van der Waals surface area contributed by atoms with E-state index in [1.165, 1.54) is 11.3 Å². The Morgan fingerprint density at radius 1 is 1.29 bits per heavy atom. The summed E-state index contributed by atoms with van der Waals surface area (Å²) in [4.78, 5) is 17.0. The molecule has 0 saturated carbocycles. The molecule has 21 heavy (non-hydrogen) atoms. The fourth-order valence-corrected chi connectivity index (χ4v) is 2.94. The number of aromatic nitrogens is 2. The highest BCUT2D eigenvalue weighted by Gasteiger charge is 2.25. The first-order chi connectivity index (χ1) is 10.1. The van der Waals surface area contributed by atoms with Gasteiger partial charge in [0.25, 0.3) is 5.91 Å². The Balaban J connectivity index is 1.61. The second-order valence-electron chi connectivity index (χ2n) is 5.33. The molecule has 0 unspecified atom stereocenters. The van der Waals surface area contributed by atoms with Crippen LogP contribution in [0.2, 0.25) is 0 Å². The first-order valence-electron chi connectivity index (χ1n) is 7.06. The minimum absolute atomic E-state index is 0.109. The van der Waals surface area contributed by atoms with Crippen molar-refractivity contribution in [3.63, 3.8) is 0 Å². The molecule has 1 aliphatic rings. The van der Waals surface area contributed by atoms with E-state index in [4.69, 9.17) is 4.42 Å². The van der Waals surface area contributed by atoms with Crippen molar-refractivity contribution in [2.75, 3.05) is 31.1 Å². The maximum Gasteiger partial charge on any atom is 0.318 e. The van der Waals surface area contributed by atoms with Gasteiger partial charge in [0, 0.05) is 32.1 Å². The van der Waals surface area contributed by atoms with E-state index >= 15 is 0 Å². The van der Waals surface area contributed by atoms with Crippen molar-refractivity contribution in [2.45, 2.75) is 19.8 Å². The van der Waals surface area contributed by atoms with E-state index in [-0.39, 0.29) is 11.8 Å². The molecular weight excluding hydrogens is 288 g/mol. The number of nitrogens with zero attached hydrogens (tertiary/aromatic N) is 4. The molecule has 0 N–H and O–H groups in total. The Labute approximate surface area is 127 Å². The molecule has 3 heterocycles. The molecule has 0 atom stereocenters. The third kappa shape index (κ3) is 2.92. The Morgan fingerprint density at radius 3 is 2.62 bits per heavy atom. The van der Waals surface area contributed by atoms with Crippen LogP contribution >= 0.6 is 11.3 Å². The molecule has 3 rings (SSSR count). The van der Waals surface area contributed by atoms with Gasteiger partial charge in [0.15, 0.2) is 0 Å². The topological polar surface area (TPSA) is 62.5 Å². The molecule has 2 aromatic heterocycles. The quantitative estimate of drug-likeness (QED) is 0.870. The molecule has 2 aromatic rings. The van der Waals surface area contributed by atoms with E-state index in [0.29, 0.717) is 25.0 Å². The van der Waals surface area contributed by atoms with Gasteiger partial charge in [0.2, 0.25) is 5.89 Å². The summed E-state index contributed by atoms with van der Waals surface area (Å²) in [6.07, 6.45) is 0. The van der Waals surface area contributed by atoms with Crippen molar-refractivity contribution in [3.8, 4) is 0 Å². The minimum atomic E-state index is 0.109. The number of amides is 1. The van der Waals surface area contributed by atoms with Crippen LogP contribution in [0.25, 0.3) is 0 Å². The smallest absolute Gasteiger partial charge is 0.318 e. The minimum Gasteiger partial charge on any atom is -0.408 e. The molecule has 6 nitrogen and oxygen atoms in total. The molecule has 1 fully saturated rings. The summed E-state index contributed by atoms with van der Waals surface area (Å²) in [6.45, 7) is 6.84. The molecule has 0 radical (unpaired) electrons. The number of thiophene rings is 1. The van der Waals surface area contributed by atoms with Gasteiger partial charge in [-0.15, -0.1) is 16.4 Å². The highest BCUT2D eigenvalue weighted by Crippen LogP contribution is 2.20. The van der Waals surface area contributed by atoms with E-state index in [1.54, 1.807) is 0 Å². The average Bonchev–Trinajstić information content (AvgIpc) is 3.18. The van der Waals surface area contributed by atoms with Crippen molar-refractivity contribution >= 4 is 23.3 Å². The number of anilines is 1. The number of hydrogen-bond acceptors (Lipinski definition) is 6. The molecule has 1 aliphatic heterocycles. The van der Waals surface area contributed by atoms with E-state index in [0.717, 1.165) is 18.0 Å². The largest absolute Gasteiger partial charge is 0.408 e. The van der Waals surface area contributed by atoms with Crippen LogP contribution in [0.4, 0.5) is 6.01 Å². The van der Waals surface area contributed by atoms with Gasteiger partial charge in [-0.2, -0.15) is 0 Å². The van der Waals surface area contributed by atoms with Gasteiger partial charge >= 0.3 is 6.01 Å². The maximum absolute atomic E-state index is 12.3. The zero-order valence-electron chi connectivity index (χ0n) is 12.2. The van der Waals surface area contributed by atoms with Crippen LogP contribution in [0.15, 0.2) is 21.9 Å². The fraction of sp³-hybridized carbons (Fsp3) is 0.500. The first kappa shape index (κ1) is 14.1. The summed E-state index contributed by atoms with van der Waals surface area (Å²) < 4.78 is 5.65. The van der Waals surface area contributed by atoms with Crippen molar-refractivity contribution in [3.05, 3.63) is 28.3 Å². The standard InChI is InChI=1S/C14H18N4O2S/c1-10(2)12-15-16-14(20-12)18-7-5-17(6-8-18)13(19)11-4-3-9-21-11/h3-4,9-10H,5-8H2,1-2H3. The summed E-state index contributed by atoms with van der Waals surface area (Å²) in [6, 6.07) is 4.33. The van der Waals surface area contributed by atoms with Crippen LogP contribution in [0.5, 0.6) is 0 Å². The van der Waals surface area contributed by atoms with Crippen molar-refractivity contribution < 1.29 is 9.21 Å². The summed E-state index contributed by atoms with van der Waals surface area (Å²) in [5.74, 6) is 0.994. The molecule has 1 amide bonds. The van der Waals surface area contributed by atoms with Crippen molar-refractivity contribution in [1.82, 2.24) is 15.1 Å². The third-order valence-electron chi connectivity index (χ3n) is 3.49. The SMILES string of the molecule is CC(C)c1nnc(N2CCN(C(=O)c3cccs3)CC2)o1. The Kier molecular flexibility index (Phi) is 3.92.